The lowest BCUT2D eigenvalue weighted by Gasteiger charge is -2.25. The Morgan fingerprint density at radius 2 is 1.94 bits per heavy atom. The van der Waals surface area contributed by atoms with Crippen molar-refractivity contribution in [3.05, 3.63) is 20.3 Å². The summed E-state index contributed by atoms with van der Waals surface area (Å²) in [4.78, 5) is 11.9. The second kappa shape index (κ2) is 5.79. The van der Waals surface area contributed by atoms with Crippen molar-refractivity contribution < 1.29 is 4.79 Å². The van der Waals surface area contributed by atoms with Crippen LogP contribution in [0, 0.1) is 0 Å². The van der Waals surface area contributed by atoms with Crippen molar-refractivity contribution in [1.29, 1.82) is 0 Å². The summed E-state index contributed by atoms with van der Waals surface area (Å²) >= 11 is 19.0. The highest BCUT2D eigenvalue weighted by Crippen LogP contribution is 2.31. The predicted octanol–water partition coefficient (Wildman–Crippen LogP) is 4.33. The van der Waals surface area contributed by atoms with Gasteiger partial charge in [-0.05, 0) is 31.7 Å². The molecule has 1 heterocycles. The highest BCUT2D eigenvalue weighted by molar-refractivity contribution is 7.20. The van der Waals surface area contributed by atoms with Crippen LogP contribution in [0.15, 0.2) is 6.07 Å². The number of rotatable bonds is 2. The second-order valence-electron chi connectivity index (χ2n) is 4.16. The van der Waals surface area contributed by atoms with Crippen LogP contribution in [0.2, 0.25) is 8.67 Å². The third kappa shape index (κ3) is 3.50. The topological polar surface area (TPSA) is 29.1 Å². The molecular formula is C11H12Cl3NOS. The van der Waals surface area contributed by atoms with Crippen molar-refractivity contribution in [3.8, 4) is 0 Å². The molecule has 94 valence electrons. The Labute approximate surface area is 119 Å². The lowest BCUT2D eigenvalue weighted by atomic mass is 9.95. The zero-order chi connectivity index (χ0) is 12.4. The van der Waals surface area contributed by atoms with Crippen LogP contribution < -0.4 is 5.32 Å². The number of alkyl halides is 1. The molecule has 1 saturated carbocycles. The summed E-state index contributed by atoms with van der Waals surface area (Å²) in [5.74, 6) is -0.142. The Morgan fingerprint density at radius 3 is 2.47 bits per heavy atom. The molecule has 0 atom stereocenters. The summed E-state index contributed by atoms with van der Waals surface area (Å²) in [5.41, 5.74) is 0.467. The van der Waals surface area contributed by atoms with Gasteiger partial charge in [0.1, 0.15) is 4.34 Å². The van der Waals surface area contributed by atoms with Gasteiger partial charge in [-0.3, -0.25) is 4.79 Å². The Bertz CT molecular complexity index is 413. The number of halogens is 3. The largest absolute Gasteiger partial charge is 0.349 e. The molecule has 0 spiro atoms. The number of hydrogen-bond acceptors (Lipinski definition) is 2. The molecule has 6 heteroatoms. The van der Waals surface area contributed by atoms with Gasteiger partial charge in [-0.1, -0.05) is 23.2 Å². The zero-order valence-electron chi connectivity index (χ0n) is 9.01. The van der Waals surface area contributed by atoms with Crippen LogP contribution in [0.4, 0.5) is 0 Å². The molecule has 17 heavy (non-hydrogen) atoms. The summed E-state index contributed by atoms with van der Waals surface area (Å²) in [6.07, 6.45) is 3.75. The molecule has 1 aromatic rings. The van der Waals surface area contributed by atoms with Crippen molar-refractivity contribution in [2.75, 3.05) is 0 Å². The number of carbonyl (C=O) groups excluding carboxylic acids is 1. The summed E-state index contributed by atoms with van der Waals surface area (Å²) in [6.45, 7) is 0. The maximum atomic E-state index is 11.9. The molecule has 1 aromatic heterocycles. The highest BCUT2D eigenvalue weighted by Gasteiger charge is 2.22. The van der Waals surface area contributed by atoms with E-state index in [-0.39, 0.29) is 17.3 Å². The van der Waals surface area contributed by atoms with E-state index in [1.165, 1.54) is 11.3 Å². The fraction of sp³-hybridized carbons (Fsp3) is 0.545. The van der Waals surface area contributed by atoms with E-state index in [9.17, 15) is 4.79 Å². The molecule has 1 fully saturated rings. The van der Waals surface area contributed by atoms with Crippen molar-refractivity contribution in [3.63, 3.8) is 0 Å². The van der Waals surface area contributed by atoms with Gasteiger partial charge >= 0.3 is 0 Å². The van der Waals surface area contributed by atoms with Crippen LogP contribution in [-0.2, 0) is 0 Å². The molecule has 0 aromatic carbocycles. The van der Waals surface area contributed by atoms with Gasteiger partial charge in [-0.2, -0.15) is 0 Å². The van der Waals surface area contributed by atoms with Crippen LogP contribution in [0.5, 0.6) is 0 Å². The number of nitrogens with one attached hydrogen (secondary N) is 1. The first-order valence-electron chi connectivity index (χ1n) is 5.46. The van der Waals surface area contributed by atoms with Crippen LogP contribution in [0.3, 0.4) is 0 Å². The van der Waals surface area contributed by atoms with Crippen LogP contribution in [0.1, 0.15) is 36.0 Å². The summed E-state index contributed by atoms with van der Waals surface area (Å²) in [5, 5.41) is 3.23. The van der Waals surface area contributed by atoms with Crippen LogP contribution >= 0.6 is 46.1 Å². The van der Waals surface area contributed by atoms with E-state index >= 15 is 0 Å². The molecule has 0 radical (unpaired) electrons. The highest BCUT2D eigenvalue weighted by atomic mass is 35.5. The molecule has 0 unspecified atom stereocenters. The van der Waals surface area contributed by atoms with E-state index in [1.807, 2.05) is 0 Å². The van der Waals surface area contributed by atoms with Gasteiger partial charge in [-0.15, -0.1) is 22.9 Å². The summed E-state index contributed by atoms with van der Waals surface area (Å²) in [7, 11) is 0. The molecule has 2 nitrogen and oxygen atoms in total. The Morgan fingerprint density at radius 1 is 1.29 bits per heavy atom. The predicted molar refractivity (Wildman–Crippen MR) is 73.7 cm³/mol. The van der Waals surface area contributed by atoms with Crippen molar-refractivity contribution in [1.82, 2.24) is 5.32 Å². The van der Waals surface area contributed by atoms with Gasteiger partial charge < -0.3 is 5.32 Å². The molecule has 1 aliphatic rings. The van der Waals surface area contributed by atoms with Gasteiger partial charge in [0.2, 0.25) is 0 Å². The second-order valence-corrected chi connectivity index (χ2v) is 7.06. The monoisotopic (exact) mass is 311 g/mol. The van der Waals surface area contributed by atoms with Gasteiger partial charge in [0.05, 0.1) is 9.90 Å². The maximum absolute atomic E-state index is 11.9. The first-order chi connectivity index (χ1) is 8.06. The molecule has 2 rings (SSSR count). The third-order valence-electron chi connectivity index (χ3n) is 2.89. The fourth-order valence-corrected chi connectivity index (χ4v) is 3.67. The average Bonchev–Trinajstić information content (AvgIpc) is 2.61. The van der Waals surface area contributed by atoms with E-state index in [2.05, 4.69) is 5.32 Å². The third-order valence-corrected chi connectivity index (χ3v) is 4.82. The molecule has 1 amide bonds. The lowest BCUT2D eigenvalue weighted by Crippen LogP contribution is -2.37. The minimum Gasteiger partial charge on any atom is -0.349 e. The van der Waals surface area contributed by atoms with Crippen molar-refractivity contribution in [2.24, 2.45) is 0 Å². The van der Waals surface area contributed by atoms with Crippen LogP contribution in [-0.4, -0.2) is 17.3 Å². The number of thiophene rings is 1. The standard InChI is InChI=1S/C11H12Cl3NOS/c12-6-1-3-7(4-2-6)15-11(16)8-5-9(13)17-10(8)14/h5-7H,1-4H2,(H,15,16). The quantitative estimate of drug-likeness (QED) is 0.809. The molecule has 1 aliphatic carbocycles. The number of carbonyl (C=O) groups is 1. The van der Waals surface area contributed by atoms with Crippen LogP contribution in [0.25, 0.3) is 0 Å². The molecule has 0 bridgehead atoms. The van der Waals surface area contributed by atoms with Gasteiger partial charge in [0, 0.05) is 11.4 Å². The van der Waals surface area contributed by atoms with E-state index in [4.69, 9.17) is 34.8 Å². The lowest BCUT2D eigenvalue weighted by molar-refractivity contribution is 0.0928. The minimum atomic E-state index is -0.142. The summed E-state index contributed by atoms with van der Waals surface area (Å²) in [6, 6.07) is 1.81. The maximum Gasteiger partial charge on any atom is 0.253 e. The minimum absolute atomic E-state index is 0.142. The Balaban J connectivity index is 1.95. The van der Waals surface area contributed by atoms with E-state index in [1.54, 1.807) is 6.07 Å². The van der Waals surface area contributed by atoms with Crippen molar-refractivity contribution in [2.45, 2.75) is 37.1 Å². The first kappa shape index (κ1) is 13.5. The Kier molecular flexibility index (Phi) is 4.59. The summed E-state index contributed by atoms with van der Waals surface area (Å²) < 4.78 is 0.975. The molecule has 0 saturated heterocycles. The number of hydrogen-bond donors (Lipinski definition) is 1. The fourth-order valence-electron chi connectivity index (χ4n) is 1.96. The molecule has 0 aliphatic heterocycles. The van der Waals surface area contributed by atoms with E-state index < -0.39 is 0 Å². The Hall–Kier alpha value is 0.0400. The van der Waals surface area contributed by atoms with E-state index in [0.717, 1.165) is 25.7 Å². The zero-order valence-corrected chi connectivity index (χ0v) is 12.1. The smallest absolute Gasteiger partial charge is 0.253 e. The van der Waals surface area contributed by atoms with E-state index in [0.29, 0.717) is 14.2 Å². The molecule has 1 N–H and O–H groups in total. The van der Waals surface area contributed by atoms with Gasteiger partial charge in [0.15, 0.2) is 0 Å². The van der Waals surface area contributed by atoms with Crippen molar-refractivity contribution >= 4 is 52.0 Å². The SMILES string of the molecule is O=C(NC1CCC(Cl)CC1)c1cc(Cl)sc1Cl. The van der Waals surface area contributed by atoms with Gasteiger partial charge in [-0.25, -0.2) is 0 Å². The molecular weight excluding hydrogens is 301 g/mol. The first-order valence-corrected chi connectivity index (χ1v) is 7.47. The normalized spacial score (nSPS) is 24.6. The average molecular weight is 313 g/mol. The van der Waals surface area contributed by atoms with Gasteiger partial charge in [0.25, 0.3) is 5.91 Å². The number of amides is 1.